The molecule has 1 unspecified atom stereocenters. The van der Waals surface area contributed by atoms with Gasteiger partial charge in [-0.05, 0) is 96.3 Å². The van der Waals surface area contributed by atoms with Crippen LogP contribution in [0.3, 0.4) is 0 Å². The molecular weight excluding hydrogens is 709 g/mol. The van der Waals surface area contributed by atoms with E-state index < -0.39 is 6.10 Å². The first-order valence-electron chi connectivity index (χ1n) is 23.8. The molecule has 0 rings (SSSR count). The number of esters is 3. The summed E-state index contributed by atoms with van der Waals surface area (Å²) >= 11 is 0. The molecule has 0 saturated carbocycles. The van der Waals surface area contributed by atoms with Gasteiger partial charge in [0.05, 0.1) is 0 Å². The highest BCUT2D eigenvalue weighted by atomic mass is 16.6. The van der Waals surface area contributed by atoms with Crippen molar-refractivity contribution in [1.29, 1.82) is 0 Å². The van der Waals surface area contributed by atoms with Crippen LogP contribution in [-0.4, -0.2) is 37.2 Å². The van der Waals surface area contributed by atoms with Gasteiger partial charge >= 0.3 is 17.9 Å². The first-order valence-corrected chi connectivity index (χ1v) is 23.8. The first kappa shape index (κ1) is 54.1. The van der Waals surface area contributed by atoms with Crippen LogP contribution >= 0.6 is 0 Å². The standard InChI is InChI=1S/C51H88O6/c1-4-7-10-13-16-19-22-24-25-26-27-28-30-32-35-38-41-44-50(53)56-47-48(46-55-49(52)43-40-37-34-31-21-18-15-12-9-6-3)57-51(54)45-42-39-36-33-29-23-20-17-14-11-8-5-2/h15,17-18,20,24-25,27-28,32,35,48H,4-14,16,19,21-23,26,29-31,33-34,36-47H2,1-3H3/b18-15-,20-17-,25-24-,28-27-,35-32-. The molecule has 0 aliphatic rings. The van der Waals surface area contributed by atoms with Crippen LogP contribution in [0, 0.1) is 0 Å². The van der Waals surface area contributed by atoms with Gasteiger partial charge in [-0.2, -0.15) is 0 Å². The molecule has 1 atom stereocenters. The number of hydrogen-bond acceptors (Lipinski definition) is 6. The number of rotatable bonds is 42. The average Bonchev–Trinajstić information content (AvgIpc) is 3.21. The lowest BCUT2D eigenvalue weighted by Crippen LogP contribution is -2.30. The van der Waals surface area contributed by atoms with E-state index in [2.05, 4.69) is 81.5 Å². The molecule has 0 aliphatic heterocycles. The Bertz CT molecular complexity index is 1050. The van der Waals surface area contributed by atoms with Gasteiger partial charge in [-0.1, -0.05) is 171 Å². The van der Waals surface area contributed by atoms with Crippen molar-refractivity contribution in [2.75, 3.05) is 13.2 Å². The van der Waals surface area contributed by atoms with Crippen molar-refractivity contribution in [2.24, 2.45) is 0 Å². The molecule has 0 aliphatic carbocycles. The molecule has 0 amide bonds. The second-order valence-electron chi connectivity index (χ2n) is 15.7. The summed E-state index contributed by atoms with van der Waals surface area (Å²) in [4.78, 5) is 37.7. The van der Waals surface area contributed by atoms with Gasteiger partial charge in [0.2, 0.25) is 0 Å². The number of hydrogen-bond donors (Lipinski definition) is 0. The zero-order valence-corrected chi connectivity index (χ0v) is 37.3. The number of allylic oxidation sites excluding steroid dienone is 10. The Morgan fingerprint density at radius 1 is 0.351 bits per heavy atom. The fourth-order valence-corrected chi connectivity index (χ4v) is 6.31. The Balaban J connectivity index is 4.45. The molecule has 0 bridgehead atoms. The van der Waals surface area contributed by atoms with Crippen LogP contribution in [0.1, 0.15) is 226 Å². The molecule has 0 saturated heterocycles. The van der Waals surface area contributed by atoms with Crippen LogP contribution in [0.25, 0.3) is 0 Å². The van der Waals surface area contributed by atoms with Crippen molar-refractivity contribution in [1.82, 2.24) is 0 Å². The van der Waals surface area contributed by atoms with Crippen molar-refractivity contribution in [3.05, 3.63) is 60.8 Å². The minimum absolute atomic E-state index is 0.0997. The lowest BCUT2D eigenvalue weighted by Gasteiger charge is -2.18. The third-order valence-electron chi connectivity index (χ3n) is 9.96. The van der Waals surface area contributed by atoms with Gasteiger partial charge in [0, 0.05) is 19.3 Å². The summed E-state index contributed by atoms with van der Waals surface area (Å²) in [5.74, 6) is -0.979. The third-order valence-corrected chi connectivity index (χ3v) is 9.96. The van der Waals surface area contributed by atoms with Crippen molar-refractivity contribution in [3.8, 4) is 0 Å². The first-order chi connectivity index (χ1) is 28.0. The van der Waals surface area contributed by atoms with Gasteiger partial charge in [0.1, 0.15) is 13.2 Å². The molecule has 6 heteroatoms. The van der Waals surface area contributed by atoms with E-state index in [9.17, 15) is 14.4 Å². The Hall–Kier alpha value is -2.89. The maximum absolute atomic E-state index is 12.7. The van der Waals surface area contributed by atoms with Crippen LogP contribution in [0.4, 0.5) is 0 Å². The highest BCUT2D eigenvalue weighted by molar-refractivity contribution is 5.71. The SMILES string of the molecule is CCCC/C=C\CCCCCCC(=O)OCC(COC(=O)CCC/C=C\C/C=C\C/C=C\CCCCCCCC)OC(=O)CCCCCCC/C=C\CCCCC. The second-order valence-corrected chi connectivity index (χ2v) is 15.7. The molecule has 0 aromatic heterocycles. The van der Waals surface area contributed by atoms with Crippen LogP contribution in [0.5, 0.6) is 0 Å². The van der Waals surface area contributed by atoms with Crippen molar-refractivity contribution in [3.63, 3.8) is 0 Å². The van der Waals surface area contributed by atoms with E-state index in [0.717, 1.165) is 89.9 Å². The summed E-state index contributed by atoms with van der Waals surface area (Å²) in [5.41, 5.74) is 0. The van der Waals surface area contributed by atoms with Crippen LogP contribution in [0.15, 0.2) is 60.8 Å². The maximum atomic E-state index is 12.7. The van der Waals surface area contributed by atoms with E-state index in [1.807, 2.05) is 0 Å². The molecule has 0 radical (unpaired) electrons. The fraction of sp³-hybridized carbons (Fsp3) is 0.745. The van der Waals surface area contributed by atoms with Crippen LogP contribution < -0.4 is 0 Å². The van der Waals surface area contributed by atoms with Gasteiger partial charge < -0.3 is 14.2 Å². The largest absolute Gasteiger partial charge is 0.462 e. The minimum atomic E-state index is -0.800. The number of carbonyl (C=O) groups is 3. The van der Waals surface area contributed by atoms with E-state index in [-0.39, 0.29) is 37.5 Å². The fourth-order valence-electron chi connectivity index (χ4n) is 6.31. The van der Waals surface area contributed by atoms with Gasteiger partial charge in [-0.15, -0.1) is 0 Å². The van der Waals surface area contributed by atoms with Crippen LogP contribution in [0.2, 0.25) is 0 Å². The zero-order valence-electron chi connectivity index (χ0n) is 37.3. The molecule has 0 aromatic rings. The molecular formula is C51H88O6. The molecule has 328 valence electrons. The van der Waals surface area contributed by atoms with E-state index >= 15 is 0 Å². The second kappa shape index (κ2) is 45.8. The number of carbonyl (C=O) groups excluding carboxylic acids is 3. The third kappa shape index (κ3) is 44.1. The predicted molar refractivity (Wildman–Crippen MR) is 242 cm³/mol. The van der Waals surface area contributed by atoms with Gasteiger partial charge in [0.15, 0.2) is 6.10 Å². The normalized spacial score (nSPS) is 12.5. The summed E-state index contributed by atoms with van der Waals surface area (Å²) < 4.78 is 16.6. The summed E-state index contributed by atoms with van der Waals surface area (Å²) in [5, 5.41) is 0. The smallest absolute Gasteiger partial charge is 0.306 e. The molecule has 6 nitrogen and oxygen atoms in total. The molecule has 0 heterocycles. The number of unbranched alkanes of at least 4 members (excludes halogenated alkanes) is 21. The molecule has 0 spiro atoms. The van der Waals surface area contributed by atoms with Crippen molar-refractivity contribution in [2.45, 2.75) is 232 Å². The van der Waals surface area contributed by atoms with Crippen LogP contribution in [-0.2, 0) is 28.6 Å². The maximum Gasteiger partial charge on any atom is 0.306 e. The van der Waals surface area contributed by atoms with E-state index in [4.69, 9.17) is 14.2 Å². The average molecular weight is 797 g/mol. The monoisotopic (exact) mass is 797 g/mol. The lowest BCUT2D eigenvalue weighted by atomic mass is 10.1. The summed E-state index contributed by atoms with van der Waals surface area (Å²) in [7, 11) is 0. The summed E-state index contributed by atoms with van der Waals surface area (Å²) in [6.45, 7) is 6.49. The number of ether oxygens (including phenoxy) is 3. The predicted octanol–water partition coefficient (Wildman–Crippen LogP) is 15.3. The Kier molecular flexibility index (Phi) is 43.5. The summed E-state index contributed by atoms with van der Waals surface area (Å²) in [6.07, 6.45) is 55.0. The topological polar surface area (TPSA) is 78.9 Å². The lowest BCUT2D eigenvalue weighted by molar-refractivity contribution is -0.167. The summed E-state index contributed by atoms with van der Waals surface area (Å²) in [6, 6.07) is 0. The van der Waals surface area contributed by atoms with E-state index in [1.165, 1.54) is 89.9 Å². The highest BCUT2D eigenvalue weighted by Crippen LogP contribution is 2.12. The molecule has 0 fully saturated rings. The van der Waals surface area contributed by atoms with Gasteiger partial charge in [0.25, 0.3) is 0 Å². The molecule has 57 heavy (non-hydrogen) atoms. The highest BCUT2D eigenvalue weighted by Gasteiger charge is 2.19. The molecule has 0 N–H and O–H groups in total. The van der Waals surface area contributed by atoms with Gasteiger partial charge in [-0.3, -0.25) is 14.4 Å². The van der Waals surface area contributed by atoms with Crippen molar-refractivity contribution >= 4 is 17.9 Å². The quantitative estimate of drug-likeness (QED) is 0.0265. The van der Waals surface area contributed by atoms with Crippen molar-refractivity contribution < 1.29 is 28.6 Å². The molecule has 0 aromatic carbocycles. The Morgan fingerprint density at radius 2 is 0.667 bits per heavy atom. The minimum Gasteiger partial charge on any atom is -0.462 e. The van der Waals surface area contributed by atoms with E-state index in [1.54, 1.807) is 0 Å². The zero-order chi connectivity index (χ0) is 41.5. The van der Waals surface area contributed by atoms with E-state index in [0.29, 0.717) is 19.3 Å². The van der Waals surface area contributed by atoms with Gasteiger partial charge in [-0.25, -0.2) is 0 Å². The Morgan fingerprint density at radius 3 is 1.16 bits per heavy atom. The Labute approximate surface area is 351 Å².